The summed E-state index contributed by atoms with van der Waals surface area (Å²) in [6.45, 7) is 5.80. The second-order valence-electron chi connectivity index (χ2n) is 7.17. The van der Waals surface area contributed by atoms with E-state index in [2.05, 4.69) is 30.5 Å². The van der Waals surface area contributed by atoms with Gasteiger partial charge in [-0.15, -0.1) is 12.3 Å². The molecule has 25 heavy (non-hydrogen) atoms. The zero-order chi connectivity index (χ0) is 18.3. The van der Waals surface area contributed by atoms with Crippen LogP contribution < -0.4 is 0 Å². The van der Waals surface area contributed by atoms with Crippen molar-refractivity contribution in [1.82, 2.24) is 0 Å². The van der Waals surface area contributed by atoms with Crippen molar-refractivity contribution in [2.24, 2.45) is 0 Å². The summed E-state index contributed by atoms with van der Waals surface area (Å²) in [6.07, 6.45) is 34.1. The van der Waals surface area contributed by atoms with Gasteiger partial charge in [-0.1, -0.05) is 76.0 Å². The van der Waals surface area contributed by atoms with E-state index in [1.54, 1.807) is 0 Å². The van der Waals surface area contributed by atoms with Crippen molar-refractivity contribution in [2.75, 3.05) is 0 Å². The third-order valence-electron chi connectivity index (χ3n) is 4.70. The SMILES string of the molecule is C=CCCCCCCC=CCCCCCCCCCCCC=C=CC. The second-order valence-corrected chi connectivity index (χ2v) is 7.17. The van der Waals surface area contributed by atoms with Crippen molar-refractivity contribution in [2.45, 2.75) is 116 Å². The summed E-state index contributed by atoms with van der Waals surface area (Å²) in [4.78, 5) is 0. The molecule has 144 valence electrons. The molecule has 0 unspecified atom stereocenters. The number of hydrogen-bond donors (Lipinski definition) is 0. The number of allylic oxidation sites excluding steroid dienone is 4. The molecule has 0 amide bonds. The minimum Gasteiger partial charge on any atom is -0.130 e. The quantitative estimate of drug-likeness (QED) is 0.124. The molecule has 0 heteroatoms. The van der Waals surface area contributed by atoms with E-state index in [1.807, 2.05) is 19.1 Å². The molecule has 0 N–H and O–H groups in total. The standard InChI is InChI=1S/C25H44/c1-3-5-7-9-11-13-15-17-19-21-23-25-24-22-20-18-16-14-12-10-8-6-4-2/h3-4,8,17,19H,1,5,7,9-16,18,20-25H2,2H3. The molecule has 0 fully saturated rings. The zero-order valence-electron chi connectivity index (χ0n) is 17.1. The van der Waals surface area contributed by atoms with Crippen LogP contribution in [0.2, 0.25) is 0 Å². The summed E-state index contributed by atoms with van der Waals surface area (Å²) in [6, 6.07) is 0. The van der Waals surface area contributed by atoms with Crippen molar-refractivity contribution in [1.29, 1.82) is 0 Å². The normalized spacial score (nSPS) is 10.8. The van der Waals surface area contributed by atoms with Crippen LogP contribution >= 0.6 is 0 Å². The van der Waals surface area contributed by atoms with E-state index in [-0.39, 0.29) is 0 Å². The van der Waals surface area contributed by atoms with Gasteiger partial charge in [0, 0.05) is 0 Å². The van der Waals surface area contributed by atoms with Crippen LogP contribution in [-0.4, -0.2) is 0 Å². The summed E-state index contributed by atoms with van der Waals surface area (Å²) < 4.78 is 0. The van der Waals surface area contributed by atoms with E-state index >= 15 is 0 Å². The minimum absolute atomic E-state index is 1.18. The Morgan fingerprint density at radius 1 is 0.560 bits per heavy atom. The molecular weight excluding hydrogens is 300 g/mol. The molecule has 0 aromatic rings. The molecule has 0 saturated carbocycles. The molecule has 0 aromatic carbocycles. The van der Waals surface area contributed by atoms with Gasteiger partial charge in [0.1, 0.15) is 0 Å². The van der Waals surface area contributed by atoms with E-state index < -0.39 is 0 Å². The maximum Gasteiger partial charge on any atom is -0.0274 e. The van der Waals surface area contributed by atoms with E-state index in [0.29, 0.717) is 0 Å². The van der Waals surface area contributed by atoms with Gasteiger partial charge in [-0.2, -0.15) is 0 Å². The maximum absolute atomic E-state index is 3.77. The minimum atomic E-state index is 1.18. The Bertz CT molecular complexity index is 341. The van der Waals surface area contributed by atoms with Gasteiger partial charge >= 0.3 is 0 Å². The summed E-state index contributed by atoms with van der Waals surface area (Å²) >= 11 is 0. The van der Waals surface area contributed by atoms with Gasteiger partial charge in [0.2, 0.25) is 0 Å². The van der Waals surface area contributed by atoms with Gasteiger partial charge in [-0.05, 0) is 70.4 Å². The van der Waals surface area contributed by atoms with Crippen LogP contribution in [0, 0.1) is 0 Å². The number of unbranched alkanes of at least 4 members (excludes halogenated alkanes) is 15. The molecule has 0 rings (SSSR count). The lowest BCUT2D eigenvalue weighted by Crippen LogP contribution is -1.81. The molecule has 0 aliphatic heterocycles. The first-order chi connectivity index (χ1) is 12.4. The zero-order valence-corrected chi connectivity index (χ0v) is 17.1. The molecule has 0 saturated heterocycles. The molecule has 0 aliphatic rings. The van der Waals surface area contributed by atoms with Gasteiger partial charge in [0.05, 0.1) is 0 Å². The van der Waals surface area contributed by atoms with Crippen molar-refractivity contribution in [3.05, 3.63) is 42.7 Å². The first-order valence-electron chi connectivity index (χ1n) is 11.0. The molecule has 0 atom stereocenters. The van der Waals surface area contributed by atoms with Crippen molar-refractivity contribution in [3.63, 3.8) is 0 Å². The molecule has 0 aromatic heterocycles. The lowest BCUT2D eigenvalue weighted by Gasteiger charge is -2.01. The van der Waals surface area contributed by atoms with Crippen LogP contribution in [0.1, 0.15) is 116 Å². The first-order valence-corrected chi connectivity index (χ1v) is 11.0. The largest absolute Gasteiger partial charge is 0.130 e. The summed E-state index contributed by atoms with van der Waals surface area (Å²) in [5, 5.41) is 0. The van der Waals surface area contributed by atoms with Crippen LogP contribution in [0.5, 0.6) is 0 Å². The van der Waals surface area contributed by atoms with Crippen LogP contribution in [0.25, 0.3) is 0 Å². The van der Waals surface area contributed by atoms with Crippen molar-refractivity contribution >= 4 is 0 Å². The van der Waals surface area contributed by atoms with Crippen LogP contribution in [-0.2, 0) is 0 Å². The maximum atomic E-state index is 3.77. The molecule has 0 nitrogen and oxygen atoms in total. The van der Waals surface area contributed by atoms with E-state index in [1.165, 1.54) is 109 Å². The number of hydrogen-bond acceptors (Lipinski definition) is 0. The molecule has 0 spiro atoms. The van der Waals surface area contributed by atoms with Gasteiger partial charge in [-0.25, -0.2) is 0 Å². The fourth-order valence-corrected chi connectivity index (χ4v) is 3.09. The topological polar surface area (TPSA) is 0 Å². The van der Waals surface area contributed by atoms with Crippen LogP contribution in [0.3, 0.4) is 0 Å². The summed E-state index contributed by atoms with van der Waals surface area (Å²) in [7, 11) is 0. The Balaban J connectivity index is 3.09. The predicted molar refractivity (Wildman–Crippen MR) is 116 cm³/mol. The fourth-order valence-electron chi connectivity index (χ4n) is 3.09. The van der Waals surface area contributed by atoms with Crippen LogP contribution in [0.4, 0.5) is 0 Å². The highest BCUT2D eigenvalue weighted by atomic mass is 14.0. The molecule has 0 heterocycles. The molecule has 0 bridgehead atoms. The lowest BCUT2D eigenvalue weighted by molar-refractivity contribution is 0.561. The van der Waals surface area contributed by atoms with Crippen molar-refractivity contribution < 1.29 is 0 Å². The average molecular weight is 345 g/mol. The monoisotopic (exact) mass is 344 g/mol. The third-order valence-corrected chi connectivity index (χ3v) is 4.70. The van der Waals surface area contributed by atoms with Gasteiger partial charge < -0.3 is 0 Å². The van der Waals surface area contributed by atoms with Crippen molar-refractivity contribution in [3.8, 4) is 0 Å². The first kappa shape index (κ1) is 24.0. The molecule has 0 radical (unpaired) electrons. The van der Waals surface area contributed by atoms with Gasteiger partial charge in [0.15, 0.2) is 0 Å². The lowest BCUT2D eigenvalue weighted by atomic mass is 10.1. The van der Waals surface area contributed by atoms with Gasteiger partial charge in [-0.3, -0.25) is 0 Å². The van der Waals surface area contributed by atoms with Gasteiger partial charge in [0.25, 0.3) is 0 Å². The Kier molecular flexibility index (Phi) is 22.1. The Morgan fingerprint density at radius 2 is 0.960 bits per heavy atom. The highest BCUT2D eigenvalue weighted by Gasteiger charge is 1.92. The predicted octanol–water partition coefficient (Wildman–Crippen LogP) is 9.09. The summed E-state index contributed by atoms with van der Waals surface area (Å²) in [5.74, 6) is 0. The highest BCUT2D eigenvalue weighted by molar-refractivity contribution is 4.82. The van der Waals surface area contributed by atoms with E-state index in [9.17, 15) is 0 Å². The van der Waals surface area contributed by atoms with Crippen LogP contribution in [0.15, 0.2) is 42.7 Å². The third kappa shape index (κ3) is 23.0. The summed E-state index contributed by atoms with van der Waals surface area (Å²) in [5.41, 5.74) is 3.15. The number of rotatable bonds is 19. The molecular formula is C25H44. The fraction of sp³-hybridized carbons (Fsp3) is 0.720. The Labute approximate surface area is 159 Å². The Hall–Kier alpha value is -1.00. The van der Waals surface area contributed by atoms with E-state index in [4.69, 9.17) is 0 Å². The highest BCUT2D eigenvalue weighted by Crippen LogP contribution is 2.12. The molecule has 0 aliphatic carbocycles. The average Bonchev–Trinajstić information content (AvgIpc) is 2.63. The second kappa shape index (κ2) is 23.0. The Morgan fingerprint density at radius 3 is 1.40 bits per heavy atom. The van der Waals surface area contributed by atoms with E-state index in [0.717, 1.165) is 0 Å². The smallest absolute Gasteiger partial charge is 0.0274 e.